The summed E-state index contributed by atoms with van der Waals surface area (Å²) in [5.41, 5.74) is 2.15. The lowest BCUT2D eigenvalue weighted by atomic mass is 10.1. The lowest BCUT2D eigenvalue weighted by molar-refractivity contribution is 0.302. The summed E-state index contributed by atoms with van der Waals surface area (Å²) < 4.78 is 11.7. The predicted octanol–water partition coefficient (Wildman–Crippen LogP) is 5.31. The van der Waals surface area contributed by atoms with Crippen LogP contribution in [-0.2, 0) is 5.88 Å². The molecule has 106 valence electrons. The van der Waals surface area contributed by atoms with Gasteiger partial charge in [0.05, 0.1) is 6.61 Å². The number of para-hydroxylation sites is 2. The van der Waals surface area contributed by atoms with Gasteiger partial charge in [-0.1, -0.05) is 31.2 Å². The van der Waals surface area contributed by atoms with Crippen LogP contribution in [0.1, 0.15) is 24.5 Å². The number of halogens is 1. The number of alkyl halides is 1. The minimum Gasteiger partial charge on any atom is -0.490 e. The third-order valence-electron chi connectivity index (χ3n) is 2.92. The summed E-state index contributed by atoms with van der Waals surface area (Å²) in [6.45, 7) is 4.78. The Balaban J connectivity index is 2.21. The van der Waals surface area contributed by atoms with Crippen molar-refractivity contribution in [1.29, 1.82) is 0 Å². The molecule has 2 rings (SSSR count). The van der Waals surface area contributed by atoms with Gasteiger partial charge in [0.15, 0.2) is 11.5 Å². The van der Waals surface area contributed by atoms with Crippen molar-refractivity contribution in [3.8, 4) is 17.2 Å². The number of hydrogen-bond acceptors (Lipinski definition) is 2. The fourth-order valence-electron chi connectivity index (χ4n) is 1.89. The Hall–Kier alpha value is -1.67. The van der Waals surface area contributed by atoms with E-state index in [0.717, 1.165) is 34.8 Å². The van der Waals surface area contributed by atoms with E-state index in [0.29, 0.717) is 12.5 Å². The SMILES string of the molecule is CCCOc1ccccc1Oc1ccc(CCl)cc1C. The highest BCUT2D eigenvalue weighted by molar-refractivity contribution is 6.17. The number of hydrogen-bond donors (Lipinski definition) is 0. The third kappa shape index (κ3) is 3.67. The average molecular weight is 291 g/mol. The van der Waals surface area contributed by atoms with Crippen molar-refractivity contribution in [2.75, 3.05) is 6.61 Å². The maximum atomic E-state index is 5.97. The highest BCUT2D eigenvalue weighted by Gasteiger charge is 2.07. The first-order chi connectivity index (χ1) is 9.74. The van der Waals surface area contributed by atoms with Gasteiger partial charge in [0, 0.05) is 5.88 Å². The van der Waals surface area contributed by atoms with Crippen LogP contribution >= 0.6 is 11.6 Å². The minimum absolute atomic E-state index is 0.511. The number of rotatable bonds is 6. The molecule has 0 fully saturated rings. The quantitative estimate of drug-likeness (QED) is 0.671. The molecule has 20 heavy (non-hydrogen) atoms. The van der Waals surface area contributed by atoms with Gasteiger partial charge in [0.2, 0.25) is 0 Å². The molecular formula is C17H19ClO2. The van der Waals surface area contributed by atoms with Gasteiger partial charge in [-0.05, 0) is 42.7 Å². The van der Waals surface area contributed by atoms with Crippen LogP contribution in [0.4, 0.5) is 0 Å². The smallest absolute Gasteiger partial charge is 0.169 e. The maximum absolute atomic E-state index is 5.97. The molecule has 0 amide bonds. The molecule has 0 aliphatic heterocycles. The van der Waals surface area contributed by atoms with Crippen molar-refractivity contribution in [2.24, 2.45) is 0 Å². The zero-order valence-corrected chi connectivity index (χ0v) is 12.6. The molecule has 3 heteroatoms. The van der Waals surface area contributed by atoms with Gasteiger partial charge < -0.3 is 9.47 Å². The molecule has 0 aromatic heterocycles. The van der Waals surface area contributed by atoms with E-state index in [1.54, 1.807) is 0 Å². The second-order valence-corrected chi connectivity index (χ2v) is 4.90. The van der Waals surface area contributed by atoms with Crippen LogP contribution in [0.5, 0.6) is 17.2 Å². The van der Waals surface area contributed by atoms with Crippen LogP contribution in [0.15, 0.2) is 42.5 Å². The summed E-state index contributed by atoms with van der Waals surface area (Å²) in [4.78, 5) is 0. The Morgan fingerprint density at radius 3 is 2.40 bits per heavy atom. The average Bonchev–Trinajstić information content (AvgIpc) is 2.48. The third-order valence-corrected chi connectivity index (χ3v) is 3.23. The fraction of sp³-hybridized carbons (Fsp3) is 0.294. The maximum Gasteiger partial charge on any atom is 0.169 e. The van der Waals surface area contributed by atoms with Crippen molar-refractivity contribution >= 4 is 11.6 Å². The molecule has 2 aromatic rings. The monoisotopic (exact) mass is 290 g/mol. The van der Waals surface area contributed by atoms with Crippen LogP contribution < -0.4 is 9.47 Å². The van der Waals surface area contributed by atoms with Crippen LogP contribution in [-0.4, -0.2) is 6.61 Å². The summed E-state index contributed by atoms with van der Waals surface area (Å²) in [5.74, 6) is 2.85. The van der Waals surface area contributed by atoms with Crippen molar-refractivity contribution < 1.29 is 9.47 Å². The van der Waals surface area contributed by atoms with Gasteiger partial charge in [0.1, 0.15) is 5.75 Å². The van der Waals surface area contributed by atoms with Crippen LogP contribution in [0.3, 0.4) is 0 Å². The molecule has 0 aliphatic carbocycles. The van der Waals surface area contributed by atoms with Crippen LogP contribution in [0.25, 0.3) is 0 Å². The highest BCUT2D eigenvalue weighted by atomic mass is 35.5. The van der Waals surface area contributed by atoms with Gasteiger partial charge >= 0.3 is 0 Å². The van der Waals surface area contributed by atoms with E-state index in [-0.39, 0.29) is 0 Å². The summed E-state index contributed by atoms with van der Waals surface area (Å²) in [5, 5.41) is 0. The summed E-state index contributed by atoms with van der Waals surface area (Å²) in [7, 11) is 0. The van der Waals surface area contributed by atoms with Crippen molar-refractivity contribution in [2.45, 2.75) is 26.1 Å². The second kappa shape index (κ2) is 7.20. The molecule has 2 aromatic carbocycles. The molecule has 0 saturated heterocycles. The predicted molar refractivity (Wildman–Crippen MR) is 83.0 cm³/mol. The van der Waals surface area contributed by atoms with Gasteiger partial charge in [-0.3, -0.25) is 0 Å². The lowest BCUT2D eigenvalue weighted by Gasteiger charge is -2.13. The van der Waals surface area contributed by atoms with Crippen LogP contribution in [0, 0.1) is 6.92 Å². The molecule has 0 spiro atoms. The van der Waals surface area contributed by atoms with E-state index in [1.165, 1.54) is 0 Å². The Labute approximate surface area is 125 Å². The van der Waals surface area contributed by atoms with Crippen molar-refractivity contribution in [1.82, 2.24) is 0 Å². The van der Waals surface area contributed by atoms with Gasteiger partial charge in [-0.15, -0.1) is 11.6 Å². The molecule has 0 aliphatic rings. The molecule has 0 atom stereocenters. The summed E-state index contributed by atoms with van der Waals surface area (Å²) in [6.07, 6.45) is 0.970. The number of ether oxygens (including phenoxy) is 2. The largest absolute Gasteiger partial charge is 0.490 e. The standard InChI is InChI=1S/C17H19ClO2/c1-3-10-19-16-6-4-5-7-17(16)20-15-9-8-14(12-18)11-13(15)2/h4-9,11H,3,10,12H2,1-2H3. The minimum atomic E-state index is 0.511. The summed E-state index contributed by atoms with van der Waals surface area (Å²) in [6, 6.07) is 13.7. The molecule has 0 N–H and O–H groups in total. The Morgan fingerprint density at radius 2 is 1.75 bits per heavy atom. The zero-order valence-electron chi connectivity index (χ0n) is 11.9. The second-order valence-electron chi connectivity index (χ2n) is 4.63. The van der Waals surface area contributed by atoms with E-state index < -0.39 is 0 Å². The number of aryl methyl sites for hydroxylation is 1. The summed E-state index contributed by atoms with van der Waals surface area (Å²) >= 11 is 5.83. The molecule has 0 unspecified atom stereocenters. The fourth-order valence-corrected chi connectivity index (χ4v) is 2.06. The Bertz CT molecular complexity index is 567. The first-order valence-electron chi connectivity index (χ1n) is 6.79. The molecule has 0 radical (unpaired) electrons. The van der Waals surface area contributed by atoms with Crippen molar-refractivity contribution in [3.63, 3.8) is 0 Å². The normalized spacial score (nSPS) is 10.3. The molecular weight excluding hydrogens is 272 g/mol. The first kappa shape index (κ1) is 14.7. The molecule has 0 bridgehead atoms. The lowest BCUT2D eigenvalue weighted by Crippen LogP contribution is -1.97. The topological polar surface area (TPSA) is 18.5 Å². The van der Waals surface area contributed by atoms with Gasteiger partial charge in [-0.2, -0.15) is 0 Å². The number of benzene rings is 2. The van der Waals surface area contributed by atoms with Crippen LogP contribution in [0.2, 0.25) is 0 Å². The van der Waals surface area contributed by atoms with Gasteiger partial charge in [-0.25, -0.2) is 0 Å². The van der Waals surface area contributed by atoms with E-state index >= 15 is 0 Å². The first-order valence-corrected chi connectivity index (χ1v) is 7.33. The van der Waals surface area contributed by atoms with Crippen molar-refractivity contribution in [3.05, 3.63) is 53.6 Å². The Morgan fingerprint density at radius 1 is 1.00 bits per heavy atom. The van der Waals surface area contributed by atoms with Gasteiger partial charge in [0.25, 0.3) is 0 Å². The van der Waals surface area contributed by atoms with E-state index in [9.17, 15) is 0 Å². The van der Waals surface area contributed by atoms with E-state index in [1.807, 2.05) is 49.4 Å². The van der Waals surface area contributed by atoms with E-state index in [2.05, 4.69) is 6.92 Å². The molecule has 0 saturated carbocycles. The highest BCUT2D eigenvalue weighted by Crippen LogP contribution is 2.33. The zero-order chi connectivity index (χ0) is 14.4. The van der Waals surface area contributed by atoms with E-state index in [4.69, 9.17) is 21.1 Å². The molecule has 2 nitrogen and oxygen atoms in total. The Kier molecular flexibility index (Phi) is 5.31. The molecule has 0 heterocycles.